The molecule has 0 aliphatic carbocycles. The van der Waals surface area contributed by atoms with E-state index in [-0.39, 0.29) is 18.1 Å². The maximum Gasteiger partial charge on any atom is 0.243 e. The van der Waals surface area contributed by atoms with E-state index in [9.17, 15) is 9.18 Å². The first-order valence-corrected chi connectivity index (χ1v) is 6.48. The largest absolute Gasteiger partial charge is 0.376 e. The minimum Gasteiger partial charge on any atom is -0.376 e. The number of carbonyl (C=O) groups is 1. The van der Waals surface area contributed by atoms with Gasteiger partial charge in [-0.25, -0.2) is 4.39 Å². The molecule has 104 valence electrons. The van der Waals surface area contributed by atoms with Gasteiger partial charge >= 0.3 is 0 Å². The molecule has 2 N–H and O–H groups in total. The van der Waals surface area contributed by atoms with E-state index in [4.69, 9.17) is 11.6 Å². The van der Waals surface area contributed by atoms with E-state index in [2.05, 4.69) is 10.6 Å². The van der Waals surface area contributed by atoms with Crippen LogP contribution in [0.15, 0.2) is 42.5 Å². The van der Waals surface area contributed by atoms with Gasteiger partial charge in [0.15, 0.2) is 0 Å². The van der Waals surface area contributed by atoms with Gasteiger partial charge in [-0.2, -0.15) is 0 Å². The summed E-state index contributed by atoms with van der Waals surface area (Å²) in [5.74, 6) is -0.857. The molecule has 1 amide bonds. The second-order valence-electron chi connectivity index (χ2n) is 4.39. The fraction of sp³-hybridized carbons (Fsp3) is 0.133. The zero-order valence-electron chi connectivity index (χ0n) is 10.9. The van der Waals surface area contributed by atoms with Gasteiger partial charge in [-0.05, 0) is 37.3 Å². The first-order valence-electron chi connectivity index (χ1n) is 6.10. The van der Waals surface area contributed by atoms with Crippen molar-refractivity contribution < 1.29 is 9.18 Å². The molecule has 3 nitrogen and oxygen atoms in total. The smallest absolute Gasteiger partial charge is 0.243 e. The Morgan fingerprint density at radius 2 is 1.90 bits per heavy atom. The van der Waals surface area contributed by atoms with Gasteiger partial charge in [-0.1, -0.05) is 29.3 Å². The summed E-state index contributed by atoms with van der Waals surface area (Å²) in [6.07, 6.45) is 0. The highest BCUT2D eigenvalue weighted by Crippen LogP contribution is 2.19. The lowest BCUT2D eigenvalue weighted by molar-refractivity contribution is -0.114. The van der Waals surface area contributed by atoms with Crippen molar-refractivity contribution in [2.75, 3.05) is 17.2 Å². The summed E-state index contributed by atoms with van der Waals surface area (Å²) in [5, 5.41) is 5.80. The number of halogens is 2. The summed E-state index contributed by atoms with van der Waals surface area (Å²) < 4.78 is 13.4. The minimum absolute atomic E-state index is 0.0506. The lowest BCUT2D eigenvalue weighted by atomic mass is 10.2. The van der Waals surface area contributed by atoms with Crippen LogP contribution < -0.4 is 10.6 Å². The van der Waals surface area contributed by atoms with Gasteiger partial charge in [-0.3, -0.25) is 4.79 Å². The third-order valence-corrected chi connectivity index (χ3v) is 2.94. The maximum absolute atomic E-state index is 13.4. The number of benzene rings is 2. The van der Waals surface area contributed by atoms with Gasteiger partial charge in [0.2, 0.25) is 5.91 Å². The van der Waals surface area contributed by atoms with Crippen molar-refractivity contribution in [1.82, 2.24) is 0 Å². The Morgan fingerprint density at radius 1 is 1.20 bits per heavy atom. The molecule has 0 bridgehead atoms. The van der Waals surface area contributed by atoms with Crippen LogP contribution in [0.1, 0.15) is 5.56 Å². The summed E-state index contributed by atoms with van der Waals surface area (Å²) in [6, 6.07) is 11.7. The van der Waals surface area contributed by atoms with Crippen LogP contribution in [-0.4, -0.2) is 12.5 Å². The molecule has 0 heterocycles. The van der Waals surface area contributed by atoms with Crippen molar-refractivity contribution in [1.29, 1.82) is 0 Å². The van der Waals surface area contributed by atoms with Crippen molar-refractivity contribution in [2.24, 2.45) is 0 Å². The number of anilines is 2. The van der Waals surface area contributed by atoms with Crippen LogP contribution in [0.4, 0.5) is 15.8 Å². The van der Waals surface area contributed by atoms with Crippen LogP contribution in [0.3, 0.4) is 0 Å². The molecule has 2 aromatic rings. The Balaban J connectivity index is 1.92. The van der Waals surface area contributed by atoms with Crippen molar-refractivity contribution in [3.05, 3.63) is 58.9 Å². The predicted octanol–water partition coefficient (Wildman–Crippen LogP) is 3.84. The standard InChI is InChI=1S/C15H14ClFN2O/c1-10-2-5-12(6-3-10)18-9-15(20)19-14-8-11(16)4-7-13(14)17/h2-8,18H,9H2,1H3,(H,19,20). The lowest BCUT2D eigenvalue weighted by Gasteiger charge is -2.09. The van der Waals surface area contributed by atoms with E-state index < -0.39 is 5.82 Å². The SMILES string of the molecule is Cc1ccc(NCC(=O)Nc2cc(Cl)ccc2F)cc1. The molecular weight excluding hydrogens is 279 g/mol. The third kappa shape index (κ3) is 3.96. The zero-order chi connectivity index (χ0) is 14.5. The number of nitrogens with one attached hydrogen (secondary N) is 2. The van der Waals surface area contributed by atoms with Crippen LogP contribution in [0, 0.1) is 12.7 Å². The molecule has 0 spiro atoms. The molecule has 0 saturated carbocycles. The number of hydrogen-bond donors (Lipinski definition) is 2. The minimum atomic E-state index is -0.516. The van der Waals surface area contributed by atoms with Crippen LogP contribution in [0.5, 0.6) is 0 Å². The Morgan fingerprint density at radius 3 is 2.60 bits per heavy atom. The fourth-order valence-electron chi connectivity index (χ4n) is 1.64. The van der Waals surface area contributed by atoms with Crippen molar-refractivity contribution in [3.63, 3.8) is 0 Å². The predicted molar refractivity (Wildman–Crippen MR) is 79.7 cm³/mol. The Hall–Kier alpha value is -2.07. The van der Waals surface area contributed by atoms with E-state index in [1.54, 1.807) is 0 Å². The molecule has 0 fully saturated rings. The molecule has 5 heteroatoms. The topological polar surface area (TPSA) is 41.1 Å². The van der Waals surface area contributed by atoms with Crippen molar-refractivity contribution >= 4 is 28.9 Å². The highest BCUT2D eigenvalue weighted by atomic mass is 35.5. The number of rotatable bonds is 4. The van der Waals surface area contributed by atoms with E-state index in [0.717, 1.165) is 11.3 Å². The fourth-order valence-corrected chi connectivity index (χ4v) is 1.81. The maximum atomic E-state index is 13.4. The van der Waals surface area contributed by atoms with Gasteiger partial charge < -0.3 is 10.6 Å². The lowest BCUT2D eigenvalue weighted by Crippen LogP contribution is -2.22. The van der Waals surface area contributed by atoms with Gasteiger partial charge in [0.1, 0.15) is 5.82 Å². The summed E-state index contributed by atoms with van der Waals surface area (Å²) in [6.45, 7) is 2.04. The van der Waals surface area contributed by atoms with Crippen molar-refractivity contribution in [2.45, 2.75) is 6.92 Å². The normalized spacial score (nSPS) is 10.2. The zero-order valence-corrected chi connectivity index (χ0v) is 11.7. The average Bonchev–Trinajstić information content (AvgIpc) is 2.42. The first kappa shape index (κ1) is 14.3. The molecule has 0 aromatic heterocycles. The van der Waals surface area contributed by atoms with Gasteiger partial charge in [-0.15, -0.1) is 0 Å². The monoisotopic (exact) mass is 292 g/mol. The highest BCUT2D eigenvalue weighted by molar-refractivity contribution is 6.30. The van der Waals surface area contributed by atoms with E-state index >= 15 is 0 Å². The number of aryl methyl sites for hydroxylation is 1. The molecule has 0 aliphatic rings. The molecule has 20 heavy (non-hydrogen) atoms. The quantitative estimate of drug-likeness (QED) is 0.899. The highest BCUT2D eigenvalue weighted by Gasteiger charge is 2.07. The Bertz CT molecular complexity index is 614. The van der Waals surface area contributed by atoms with Gasteiger partial charge in [0.05, 0.1) is 12.2 Å². The summed E-state index contributed by atoms with van der Waals surface area (Å²) in [5.41, 5.74) is 2.05. The van der Waals surface area contributed by atoms with E-state index in [0.29, 0.717) is 5.02 Å². The second-order valence-corrected chi connectivity index (χ2v) is 4.83. The van der Waals surface area contributed by atoms with E-state index in [1.165, 1.54) is 18.2 Å². The molecule has 0 unspecified atom stereocenters. The summed E-state index contributed by atoms with van der Waals surface area (Å²) in [7, 11) is 0. The molecule has 0 radical (unpaired) electrons. The molecule has 2 rings (SSSR count). The number of amides is 1. The third-order valence-electron chi connectivity index (χ3n) is 2.71. The molecule has 0 atom stereocenters. The number of hydrogen-bond acceptors (Lipinski definition) is 2. The van der Waals surface area contributed by atoms with Crippen LogP contribution >= 0.6 is 11.6 Å². The van der Waals surface area contributed by atoms with E-state index in [1.807, 2.05) is 31.2 Å². The van der Waals surface area contributed by atoms with Crippen LogP contribution in [0.2, 0.25) is 5.02 Å². The van der Waals surface area contributed by atoms with Crippen LogP contribution in [0.25, 0.3) is 0 Å². The molecule has 2 aromatic carbocycles. The molecular formula is C15H14ClFN2O. The average molecular weight is 293 g/mol. The second kappa shape index (κ2) is 6.39. The Labute approximate surface area is 121 Å². The Kier molecular flexibility index (Phi) is 4.58. The van der Waals surface area contributed by atoms with Gasteiger partial charge in [0.25, 0.3) is 0 Å². The molecule has 0 saturated heterocycles. The van der Waals surface area contributed by atoms with Crippen molar-refractivity contribution in [3.8, 4) is 0 Å². The van der Waals surface area contributed by atoms with Gasteiger partial charge in [0, 0.05) is 10.7 Å². The summed E-state index contributed by atoms with van der Waals surface area (Å²) >= 11 is 5.75. The van der Waals surface area contributed by atoms with Crippen LogP contribution in [-0.2, 0) is 4.79 Å². The first-order chi connectivity index (χ1) is 9.54. The summed E-state index contributed by atoms with van der Waals surface area (Å²) in [4.78, 5) is 11.7. The molecule has 0 aliphatic heterocycles. The number of carbonyl (C=O) groups excluding carboxylic acids is 1.